The molecule has 4 heteroatoms. The van der Waals surface area contributed by atoms with Gasteiger partial charge in [-0.15, -0.1) is 0 Å². The highest BCUT2D eigenvalue weighted by Gasteiger charge is 2.14. The molecule has 2 unspecified atom stereocenters. The molecule has 0 amide bonds. The van der Waals surface area contributed by atoms with Crippen molar-refractivity contribution in [1.82, 2.24) is 4.98 Å². The van der Waals surface area contributed by atoms with Crippen LogP contribution in [0.4, 0.5) is 0 Å². The first-order valence-electron chi connectivity index (χ1n) is 7.12. The van der Waals surface area contributed by atoms with Crippen LogP contribution in [0.1, 0.15) is 31.9 Å². The number of rotatable bonds is 7. The number of nitrogens with zero attached hydrogens (tertiary/aromatic N) is 1. The zero-order valence-electron chi connectivity index (χ0n) is 12.3. The molecule has 1 aromatic carbocycles. The van der Waals surface area contributed by atoms with Crippen molar-refractivity contribution in [3.63, 3.8) is 0 Å². The zero-order valence-corrected chi connectivity index (χ0v) is 13.9. The molecule has 2 aromatic rings. The molecule has 0 aliphatic heterocycles. The van der Waals surface area contributed by atoms with Gasteiger partial charge in [0.25, 0.3) is 0 Å². The number of pyridine rings is 1. The van der Waals surface area contributed by atoms with Gasteiger partial charge in [-0.25, -0.2) is 0 Å². The quantitative estimate of drug-likeness (QED) is 0.720. The molecule has 1 aromatic heterocycles. The second kappa shape index (κ2) is 8.15. The Morgan fingerprint density at radius 1 is 1.24 bits per heavy atom. The molecular weight excluding hydrogens is 330 g/mol. The van der Waals surface area contributed by atoms with Gasteiger partial charge in [-0.1, -0.05) is 35.0 Å². The maximum atomic E-state index is 6.10. The molecule has 2 rings (SSSR count). The number of halogens is 1. The smallest absolute Gasteiger partial charge is 0.137 e. The van der Waals surface area contributed by atoms with Crippen LogP contribution in [0, 0.1) is 0 Å². The van der Waals surface area contributed by atoms with Crippen LogP contribution in [-0.4, -0.2) is 17.7 Å². The Kier molecular flexibility index (Phi) is 6.21. The van der Waals surface area contributed by atoms with Crippen LogP contribution in [0.5, 0.6) is 5.75 Å². The summed E-state index contributed by atoms with van der Waals surface area (Å²) in [6, 6.07) is 12.0. The number of hydrogen-bond donors (Lipinski definition) is 0. The third-order valence-corrected chi connectivity index (χ3v) is 3.60. The van der Waals surface area contributed by atoms with Gasteiger partial charge in [0.05, 0.1) is 18.4 Å². The highest BCUT2D eigenvalue weighted by Crippen LogP contribution is 2.25. The number of hydrogen-bond acceptors (Lipinski definition) is 3. The number of ether oxygens (including phenoxy) is 2. The normalized spacial score (nSPS) is 13.7. The summed E-state index contributed by atoms with van der Waals surface area (Å²) < 4.78 is 12.8. The van der Waals surface area contributed by atoms with Crippen molar-refractivity contribution < 1.29 is 9.47 Å². The summed E-state index contributed by atoms with van der Waals surface area (Å²) in [6.45, 7) is 4.66. The average molecular weight is 350 g/mol. The lowest BCUT2D eigenvalue weighted by atomic mass is 10.1. The van der Waals surface area contributed by atoms with Gasteiger partial charge in [-0.2, -0.15) is 0 Å². The van der Waals surface area contributed by atoms with E-state index >= 15 is 0 Å². The highest BCUT2D eigenvalue weighted by atomic mass is 79.9. The Morgan fingerprint density at radius 2 is 2.10 bits per heavy atom. The third kappa shape index (κ3) is 5.14. The van der Waals surface area contributed by atoms with E-state index in [0.29, 0.717) is 6.61 Å². The van der Waals surface area contributed by atoms with Crippen molar-refractivity contribution in [2.75, 3.05) is 6.61 Å². The van der Waals surface area contributed by atoms with Gasteiger partial charge in [0, 0.05) is 10.7 Å². The molecule has 0 saturated heterocycles. The van der Waals surface area contributed by atoms with Gasteiger partial charge in [-0.05, 0) is 43.2 Å². The van der Waals surface area contributed by atoms with Crippen LogP contribution < -0.4 is 4.74 Å². The maximum absolute atomic E-state index is 6.10. The predicted molar refractivity (Wildman–Crippen MR) is 87.5 cm³/mol. The predicted octanol–water partition coefficient (Wildman–Crippen LogP) is 4.78. The van der Waals surface area contributed by atoms with Gasteiger partial charge in [0.1, 0.15) is 12.4 Å². The minimum atomic E-state index is 0.00846. The van der Waals surface area contributed by atoms with E-state index in [-0.39, 0.29) is 12.2 Å². The number of aromatic nitrogens is 1. The molecule has 2 atom stereocenters. The number of benzene rings is 1. The Bertz CT molecular complexity index is 547. The maximum Gasteiger partial charge on any atom is 0.137 e. The molecule has 0 N–H and O–H groups in total. The van der Waals surface area contributed by atoms with Gasteiger partial charge in [-0.3, -0.25) is 4.98 Å². The third-order valence-electron chi connectivity index (χ3n) is 3.11. The second-order valence-electron chi connectivity index (χ2n) is 4.90. The topological polar surface area (TPSA) is 31.4 Å². The summed E-state index contributed by atoms with van der Waals surface area (Å²) >= 11 is 3.50. The lowest BCUT2D eigenvalue weighted by Gasteiger charge is -2.22. The van der Waals surface area contributed by atoms with Crippen molar-refractivity contribution in [3.05, 3.63) is 58.8 Å². The minimum Gasteiger partial charge on any atom is -0.489 e. The zero-order chi connectivity index (χ0) is 15.1. The second-order valence-corrected chi connectivity index (χ2v) is 5.81. The van der Waals surface area contributed by atoms with Gasteiger partial charge in [0.15, 0.2) is 0 Å². The summed E-state index contributed by atoms with van der Waals surface area (Å²) in [5, 5.41) is 0. The van der Waals surface area contributed by atoms with Crippen molar-refractivity contribution in [2.45, 2.75) is 32.5 Å². The van der Waals surface area contributed by atoms with E-state index in [1.165, 1.54) is 5.56 Å². The van der Waals surface area contributed by atoms with E-state index in [9.17, 15) is 0 Å². The van der Waals surface area contributed by atoms with E-state index in [2.05, 4.69) is 40.0 Å². The first-order valence-corrected chi connectivity index (χ1v) is 7.92. The van der Waals surface area contributed by atoms with E-state index < -0.39 is 0 Å². The van der Waals surface area contributed by atoms with E-state index in [4.69, 9.17) is 9.47 Å². The fourth-order valence-electron chi connectivity index (χ4n) is 2.08. The Hall–Kier alpha value is -1.39. The SMILES string of the molecule is CCC(OC(C)COc1cccnc1)c1cccc(Br)c1. The van der Waals surface area contributed by atoms with Crippen molar-refractivity contribution in [1.29, 1.82) is 0 Å². The summed E-state index contributed by atoms with van der Waals surface area (Å²) in [4.78, 5) is 4.03. The van der Waals surface area contributed by atoms with Gasteiger partial charge < -0.3 is 9.47 Å². The molecule has 21 heavy (non-hydrogen) atoms. The molecule has 0 spiro atoms. The van der Waals surface area contributed by atoms with Crippen LogP contribution in [0.15, 0.2) is 53.3 Å². The first kappa shape index (κ1) is 16.0. The molecule has 0 fully saturated rings. The summed E-state index contributed by atoms with van der Waals surface area (Å²) in [7, 11) is 0. The fraction of sp³-hybridized carbons (Fsp3) is 0.353. The molecular formula is C17H20BrNO2. The largest absolute Gasteiger partial charge is 0.489 e. The Morgan fingerprint density at radius 3 is 2.76 bits per heavy atom. The van der Waals surface area contributed by atoms with E-state index in [1.807, 2.05) is 31.2 Å². The van der Waals surface area contributed by atoms with Crippen LogP contribution >= 0.6 is 15.9 Å². The molecule has 0 saturated carbocycles. The molecule has 0 aliphatic carbocycles. The summed E-state index contributed by atoms with van der Waals surface area (Å²) in [5.74, 6) is 0.767. The monoisotopic (exact) mass is 349 g/mol. The fourth-order valence-corrected chi connectivity index (χ4v) is 2.50. The van der Waals surface area contributed by atoms with E-state index in [1.54, 1.807) is 12.4 Å². The van der Waals surface area contributed by atoms with Gasteiger partial charge >= 0.3 is 0 Å². The molecule has 3 nitrogen and oxygen atoms in total. The average Bonchev–Trinajstić information content (AvgIpc) is 2.51. The molecule has 0 aliphatic rings. The van der Waals surface area contributed by atoms with E-state index in [0.717, 1.165) is 16.6 Å². The molecule has 1 heterocycles. The summed E-state index contributed by atoms with van der Waals surface area (Å²) in [6.07, 6.45) is 4.45. The Labute approximate surface area is 134 Å². The Balaban J connectivity index is 1.89. The van der Waals surface area contributed by atoms with Crippen LogP contribution in [0.2, 0.25) is 0 Å². The molecule has 112 valence electrons. The summed E-state index contributed by atoms with van der Waals surface area (Å²) in [5.41, 5.74) is 1.18. The standard InChI is InChI=1S/C17H20BrNO2/c1-3-17(14-6-4-7-15(18)10-14)21-13(2)12-20-16-8-5-9-19-11-16/h4-11,13,17H,3,12H2,1-2H3. The van der Waals surface area contributed by atoms with Crippen molar-refractivity contribution >= 4 is 15.9 Å². The lowest BCUT2D eigenvalue weighted by Crippen LogP contribution is -2.20. The van der Waals surface area contributed by atoms with Gasteiger partial charge in [0.2, 0.25) is 0 Å². The van der Waals surface area contributed by atoms with Crippen LogP contribution in [-0.2, 0) is 4.74 Å². The first-order chi connectivity index (χ1) is 10.2. The highest BCUT2D eigenvalue weighted by molar-refractivity contribution is 9.10. The van der Waals surface area contributed by atoms with Crippen molar-refractivity contribution in [3.8, 4) is 5.75 Å². The lowest BCUT2D eigenvalue weighted by molar-refractivity contribution is -0.0271. The molecule has 0 bridgehead atoms. The minimum absolute atomic E-state index is 0.00846. The van der Waals surface area contributed by atoms with Crippen LogP contribution in [0.25, 0.3) is 0 Å². The van der Waals surface area contributed by atoms with Crippen LogP contribution in [0.3, 0.4) is 0 Å². The molecule has 0 radical (unpaired) electrons. The van der Waals surface area contributed by atoms with Crippen molar-refractivity contribution in [2.24, 2.45) is 0 Å².